The molecule has 0 rings (SSSR count). The second-order valence-electron chi connectivity index (χ2n) is 2.30. The lowest BCUT2D eigenvalue weighted by atomic mass is 10.5. The molecule has 0 radical (unpaired) electrons. The number of carbonyl (C=O) groups excluding carboxylic acids is 1. The van der Waals surface area contributed by atoms with Crippen LogP contribution in [0.4, 0.5) is 0 Å². The molecule has 0 aromatic heterocycles. The summed E-state index contributed by atoms with van der Waals surface area (Å²) in [5.74, 6) is 4.71. The van der Waals surface area contributed by atoms with Crippen molar-refractivity contribution >= 4 is 43.0 Å². The molecular formula is C5H13AlMgO. The third-order valence-electron chi connectivity index (χ3n) is 0.696. The van der Waals surface area contributed by atoms with Crippen LogP contribution in [0.15, 0.2) is 0 Å². The van der Waals surface area contributed by atoms with Crippen LogP contribution in [0, 0.1) is 0 Å². The fourth-order valence-corrected chi connectivity index (χ4v) is 1.72. The number of Topliss-reactive ketones (excluding diaryl/α,β-unsaturated/α-hetero) is 1. The topological polar surface area (TPSA) is 17.1 Å². The predicted molar refractivity (Wildman–Crippen MR) is 41.5 cm³/mol. The minimum absolute atomic E-state index is 0. The van der Waals surface area contributed by atoms with E-state index in [2.05, 4.69) is 11.6 Å². The third-order valence-corrected chi connectivity index (χ3v) is 2.09. The second kappa shape index (κ2) is 6.09. The normalized spacial score (nSPS) is 7.38. The predicted octanol–water partition coefficient (Wildman–Crippen LogP) is 0.414. The summed E-state index contributed by atoms with van der Waals surface area (Å²) in [6.07, 6.45) is 0. The Morgan fingerprint density at radius 1 is 1.50 bits per heavy atom. The van der Waals surface area contributed by atoms with Crippen molar-refractivity contribution < 1.29 is 4.79 Å². The van der Waals surface area contributed by atoms with Gasteiger partial charge in [0.1, 0.15) is 5.78 Å². The van der Waals surface area contributed by atoms with Crippen molar-refractivity contribution in [2.75, 3.05) is 0 Å². The molecule has 0 heterocycles. The van der Waals surface area contributed by atoms with E-state index in [4.69, 9.17) is 0 Å². The molecule has 0 saturated carbocycles. The maximum absolute atomic E-state index is 10.3. The molecule has 0 aliphatic carbocycles. The molecule has 0 fully saturated rings. The van der Waals surface area contributed by atoms with Gasteiger partial charge in [-0.25, -0.2) is 0 Å². The molecule has 0 amide bonds. The molecule has 0 atom stereocenters. The zero-order valence-corrected chi connectivity index (χ0v) is 6.35. The van der Waals surface area contributed by atoms with Crippen molar-refractivity contribution in [1.82, 2.24) is 0 Å². The van der Waals surface area contributed by atoms with Gasteiger partial charge in [0.05, 0.1) is 0 Å². The van der Waals surface area contributed by atoms with E-state index in [9.17, 15) is 4.79 Å². The van der Waals surface area contributed by atoms with Crippen molar-refractivity contribution in [3.8, 4) is 0 Å². The first-order valence-corrected chi connectivity index (χ1v) is 5.75. The molecule has 0 aromatic carbocycles. The Labute approximate surface area is 71.4 Å². The summed E-state index contributed by atoms with van der Waals surface area (Å²) in [4.78, 5) is 10.3. The van der Waals surface area contributed by atoms with Gasteiger partial charge in [-0.1, -0.05) is 0 Å². The monoisotopic (exact) mass is 140 g/mol. The SMILES string of the molecule is CC(=O)[CH2][Al]([CH3])[CH3].[MgH2]. The molecule has 44 valence electrons. The molecule has 0 spiro atoms. The van der Waals surface area contributed by atoms with E-state index in [1.54, 1.807) is 6.92 Å². The van der Waals surface area contributed by atoms with Crippen molar-refractivity contribution in [1.29, 1.82) is 0 Å². The first kappa shape index (κ1) is 11.7. The van der Waals surface area contributed by atoms with Crippen LogP contribution in [0.5, 0.6) is 0 Å². The standard InChI is InChI=1S/C3H5O.2CH3.Al.Mg.2H/c1-3(2)4;;;;;;/h1H2,2H3;2*1H3;;;;. The molecular weight excluding hydrogens is 127 g/mol. The fourth-order valence-electron chi connectivity index (χ4n) is 0.575. The lowest BCUT2D eigenvalue weighted by Crippen LogP contribution is -2.04. The number of rotatable bonds is 2. The Hall–Kier alpha value is 0.969. The lowest BCUT2D eigenvalue weighted by molar-refractivity contribution is -0.115. The van der Waals surface area contributed by atoms with E-state index in [1.807, 2.05) is 0 Å². The Bertz CT molecular complexity index is 72.8. The van der Waals surface area contributed by atoms with Gasteiger partial charge in [0.25, 0.3) is 14.1 Å². The van der Waals surface area contributed by atoms with Gasteiger partial charge in [-0.05, 0) is 12.2 Å². The van der Waals surface area contributed by atoms with E-state index in [-0.39, 0.29) is 23.1 Å². The zero-order valence-electron chi connectivity index (χ0n) is 5.19. The zero-order chi connectivity index (χ0) is 5.86. The number of hydrogen-bond acceptors (Lipinski definition) is 1. The van der Waals surface area contributed by atoms with Crippen LogP contribution >= 0.6 is 0 Å². The highest BCUT2D eigenvalue weighted by Gasteiger charge is 2.02. The van der Waals surface area contributed by atoms with Crippen LogP contribution in [-0.4, -0.2) is 43.0 Å². The van der Waals surface area contributed by atoms with Crippen molar-refractivity contribution in [3.63, 3.8) is 0 Å². The summed E-state index contributed by atoms with van der Waals surface area (Å²) in [6, 6.07) is 0. The molecule has 3 heteroatoms. The molecule has 0 bridgehead atoms. The van der Waals surface area contributed by atoms with Gasteiger partial charge in [0.2, 0.25) is 0 Å². The fraction of sp³-hybridized carbons (Fsp3) is 0.800. The summed E-state index contributed by atoms with van der Waals surface area (Å²) in [5.41, 5.74) is 0. The Balaban J connectivity index is 0. The highest BCUT2D eigenvalue weighted by molar-refractivity contribution is 6.59. The Morgan fingerprint density at radius 3 is 1.88 bits per heavy atom. The number of hydrogen-bond donors (Lipinski definition) is 0. The van der Waals surface area contributed by atoms with Crippen molar-refractivity contribution in [3.05, 3.63) is 0 Å². The molecule has 8 heavy (non-hydrogen) atoms. The average Bonchev–Trinajstić information content (AvgIpc) is 1.27. The molecule has 0 aromatic rings. The van der Waals surface area contributed by atoms with Crippen molar-refractivity contribution in [2.45, 2.75) is 23.8 Å². The van der Waals surface area contributed by atoms with Crippen LogP contribution in [0.3, 0.4) is 0 Å². The maximum atomic E-state index is 10.3. The number of carbonyl (C=O) groups is 1. The van der Waals surface area contributed by atoms with E-state index in [0.717, 1.165) is 5.28 Å². The van der Waals surface area contributed by atoms with E-state index in [1.165, 1.54) is 0 Å². The summed E-state index contributed by atoms with van der Waals surface area (Å²) < 4.78 is 0. The van der Waals surface area contributed by atoms with Crippen LogP contribution in [0.1, 0.15) is 6.92 Å². The Morgan fingerprint density at radius 2 is 1.88 bits per heavy atom. The van der Waals surface area contributed by atoms with Crippen molar-refractivity contribution in [2.24, 2.45) is 0 Å². The molecule has 0 unspecified atom stereocenters. The molecule has 0 aliphatic heterocycles. The molecule has 0 N–H and O–H groups in total. The second-order valence-corrected chi connectivity index (χ2v) is 5.50. The number of ketones is 1. The summed E-state index contributed by atoms with van der Waals surface area (Å²) >= 11 is -0.578. The summed E-state index contributed by atoms with van der Waals surface area (Å²) in [7, 11) is 0. The van der Waals surface area contributed by atoms with Gasteiger partial charge >= 0.3 is 23.1 Å². The van der Waals surface area contributed by atoms with Crippen LogP contribution in [0.2, 0.25) is 16.9 Å². The van der Waals surface area contributed by atoms with Crippen LogP contribution in [-0.2, 0) is 4.79 Å². The van der Waals surface area contributed by atoms with E-state index >= 15 is 0 Å². The first-order chi connectivity index (χ1) is 3.13. The third kappa shape index (κ3) is 10.1. The minimum atomic E-state index is -0.578. The molecule has 1 nitrogen and oxygen atoms in total. The highest BCUT2D eigenvalue weighted by Crippen LogP contribution is 1.89. The smallest absolute Gasteiger partial charge is 0.301 e. The van der Waals surface area contributed by atoms with E-state index in [0.29, 0.717) is 5.78 Å². The summed E-state index contributed by atoms with van der Waals surface area (Å²) in [5, 5.41) is 0.861. The van der Waals surface area contributed by atoms with Crippen LogP contribution < -0.4 is 0 Å². The van der Waals surface area contributed by atoms with Gasteiger partial charge in [-0.15, -0.1) is 11.6 Å². The van der Waals surface area contributed by atoms with Gasteiger partial charge in [-0.3, -0.25) is 0 Å². The van der Waals surface area contributed by atoms with Gasteiger partial charge < -0.3 is 4.79 Å². The lowest BCUT2D eigenvalue weighted by Gasteiger charge is -1.88. The molecule has 0 aliphatic rings. The quantitative estimate of drug-likeness (QED) is 0.508. The highest BCUT2D eigenvalue weighted by atomic mass is 27.2. The van der Waals surface area contributed by atoms with Crippen LogP contribution in [0.25, 0.3) is 0 Å². The van der Waals surface area contributed by atoms with E-state index < -0.39 is 14.1 Å². The largest absolute Gasteiger partial charge is 0.316 e. The minimum Gasteiger partial charge on any atom is -0.301 e. The Kier molecular flexibility index (Phi) is 8.93. The molecule has 0 saturated heterocycles. The van der Waals surface area contributed by atoms with Gasteiger partial charge in [0, 0.05) is 0 Å². The first-order valence-electron chi connectivity index (χ1n) is 2.62. The summed E-state index contributed by atoms with van der Waals surface area (Å²) in [6.45, 7) is 1.66. The van der Waals surface area contributed by atoms with Gasteiger partial charge in [-0.2, -0.15) is 0 Å². The van der Waals surface area contributed by atoms with Gasteiger partial charge in [0.15, 0.2) is 0 Å². The average molecular weight is 140 g/mol. The maximum Gasteiger partial charge on any atom is 0.316 e.